The second kappa shape index (κ2) is 5.97. The van der Waals surface area contributed by atoms with Crippen molar-refractivity contribution in [2.45, 2.75) is 32.6 Å². The van der Waals surface area contributed by atoms with Crippen LogP contribution in [0.5, 0.6) is 0 Å². The Kier molecular flexibility index (Phi) is 4.83. The summed E-state index contributed by atoms with van der Waals surface area (Å²) in [4.78, 5) is 10.9. The van der Waals surface area contributed by atoms with Gasteiger partial charge in [0, 0.05) is 0 Å². The fraction of sp³-hybridized carbons (Fsp3) is 0.900. The zero-order valence-corrected chi connectivity index (χ0v) is 8.34. The molecule has 0 atom stereocenters. The van der Waals surface area contributed by atoms with Gasteiger partial charge in [-0.2, -0.15) is 0 Å². The number of rotatable bonds is 7. The molecule has 76 valence electrons. The number of esters is 1. The summed E-state index contributed by atoms with van der Waals surface area (Å²) < 4.78 is 4.78. The number of nitrogens with one attached hydrogen (secondary N) is 1. The van der Waals surface area contributed by atoms with Crippen molar-refractivity contribution in [1.82, 2.24) is 5.32 Å². The maximum Gasteiger partial charge on any atom is 0.319 e. The maximum absolute atomic E-state index is 10.9. The first-order valence-corrected chi connectivity index (χ1v) is 5.19. The lowest BCUT2D eigenvalue weighted by atomic mass is 10.2. The number of carbonyl (C=O) groups excluding carboxylic acids is 1. The van der Waals surface area contributed by atoms with Gasteiger partial charge in [-0.25, -0.2) is 0 Å². The van der Waals surface area contributed by atoms with E-state index in [1.165, 1.54) is 25.7 Å². The molecule has 0 aromatic heterocycles. The van der Waals surface area contributed by atoms with Crippen LogP contribution < -0.4 is 5.32 Å². The highest BCUT2D eigenvalue weighted by Gasteiger charge is 2.19. The number of carbonyl (C=O) groups is 1. The van der Waals surface area contributed by atoms with E-state index in [4.69, 9.17) is 4.74 Å². The average molecular weight is 185 g/mol. The number of hydrogen-bond acceptors (Lipinski definition) is 3. The molecule has 1 aliphatic carbocycles. The molecule has 1 aliphatic rings. The second-order valence-corrected chi connectivity index (χ2v) is 3.57. The highest BCUT2D eigenvalue weighted by atomic mass is 16.5. The molecule has 1 saturated carbocycles. The summed E-state index contributed by atoms with van der Waals surface area (Å²) >= 11 is 0. The summed E-state index contributed by atoms with van der Waals surface area (Å²) in [6.07, 6.45) is 5.33. The van der Waals surface area contributed by atoms with E-state index < -0.39 is 0 Å². The van der Waals surface area contributed by atoms with Gasteiger partial charge in [0.25, 0.3) is 0 Å². The summed E-state index contributed by atoms with van der Waals surface area (Å²) in [6, 6.07) is 0. The quantitative estimate of drug-likeness (QED) is 0.480. The van der Waals surface area contributed by atoms with Crippen molar-refractivity contribution in [2.75, 3.05) is 19.7 Å². The molecule has 0 saturated heterocycles. The zero-order valence-electron chi connectivity index (χ0n) is 8.34. The lowest BCUT2D eigenvalue weighted by Gasteiger charge is -2.03. The van der Waals surface area contributed by atoms with Gasteiger partial charge in [0.1, 0.15) is 0 Å². The van der Waals surface area contributed by atoms with Crippen LogP contribution in [0.3, 0.4) is 0 Å². The Hall–Kier alpha value is -0.570. The highest BCUT2D eigenvalue weighted by molar-refractivity contribution is 5.71. The minimum Gasteiger partial charge on any atom is -0.465 e. The van der Waals surface area contributed by atoms with Crippen LogP contribution in [0.1, 0.15) is 32.6 Å². The van der Waals surface area contributed by atoms with Crippen molar-refractivity contribution >= 4 is 5.97 Å². The van der Waals surface area contributed by atoms with Crippen molar-refractivity contribution in [1.29, 1.82) is 0 Å². The maximum atomic E-state index is 10.9. The highest BCUT2D eigenvalue weighted by Crippen LogP contribution is 2.33. The predicted molar refractivity (Wildman–Crippen MR) is 51.5 cm³/mol. The number of hydrogen-bond donors (Lipinski definition) is 1. The van der Waals surface area contributed by atoms with Crippen LogP contribution in [0.2, 0.25) is 0 Å². The molecule has 0 unspecified atom stereocenters. The van der Waals surface area contributed by atoms with Crippen molar-refractivity contribution in [3.8, 4) is 0 Å². The van der Waals surface area contributed by atoms with Crippen LogP contribution in [0.4, 0.5) is 0 Å². The first-order chi connectivity index (χ1) is 6.33. The molecule has 0 aromatic rings. The third-order valence-corrected chi connectivity index (χ3v) is 2.24. The molecule has 0 amide bonds. The molecule has 0 bridgehead atoms. The predicted octanol–water partition coefficient (Wildman–Crippen LogP) is 1.33. The van der Waals surface area contributed by atoms with Crippen LogP contribution in [-0.2, 0) is 9.53 Å². The molecule has 1 rings (SSSR count). The molecular formula is C10H19NO2. The Balaban J connectivity index is 1.79. The summed E-state index contributed by atoms with van der Waals surface area (Å²) in [7, 11) is 0. The molecule has 0 aliphatic heterocycles. The fourth-order valence-corrected chi connectivity index (χ4v) is 1.32. The molecule has 1 fully saturated rings. The van der Waals surface area contributed by atoms with Crippen LogP contribution in [0.25, 0.3) is 0 Å². The lowest BCUT2D eigenvalue weighted by Crippen LogP contribution is -2.25. The van der Waals surface area contributed by atoms with E-state index in [-0.39, 0.29) is 5.97 Å². The van der Waals surface area contributed by atoms with Gasteiger partial charge in [0.05, 0.1) is 13.2 Å². The molecule has 0 spiro atoms. The molecule has 0 heterocycles. The second-order valence-electron chi connectivity index (χ2n) is 3.57. The van der Waals surface area contributed by atoms with Crippen LogP contribution >= 0.6 is 0 Å². The van der Waals surface area contributed by atoms with Crippen molar-refractivity contribution in [2.24, 2.45) is 5.92 Å². The molecule has 3 nitrogen and oxygen atoms in total. The van der Waals surface area contributed by atoms with Crippen LogP contribution in [0, 0.1) is 5.92 Å². The van der Waals surface area contributed by atoms with Crippen molar-refractivity contribution in [3.63, 3.8) is 0 Å². The van der Waals surface area contributed by atoms with Gasteiger partial charge >= 0.3 is 5.97 Å². The molecule has 3 heteroatoms. The van der Waals surface area contributed by atoms with Crippen LogP contribution in [-0.4, -0.2) is 25.7 Å². The van der Waals surface area contributed by atoms with Gasteiger partial charge in [-0.15, -0.1) is 0 Å². The minimum absolute atomic E-state index is 0.145. The van der Waals surface area contributed by atoms with Crippen molar-refractivity contribution < 1.29 is 9.53 Å². The molecule has 1 N–H and O–H groups in total. The summed E-state index contributed by atoms with van der Waals surface area (Å²) in [5.41, 5.74) is 0. The molecule has 0 aromatic carbocycles. The van der Waals surface area contributed by atoms with Crippen LogP contribution in [0.15, 0.2) is 0 Å². The Morgan fingerprint density at radius 1 is 1.54 bits per heavy atom. The van der Waals surface area contributed by atoms with E-state index in [0.29, 0.717) is 13.2 Å². The van der Waals surface area contributed by atoms with Gasteiger partial charge in [-0.05, 0) is 32.2 Å². The summed E-state index contributed by atoms with van der Waals surface area (Å²) in [5, 5.41) is 3.08. The summed E-state index contributed by atoms with van der Waals surface area (Å²) in [5.74, 6) is 0.846. The minimum atomic E-state index is -0.145. The normalized spacial score (nSPS) is 15.8. The van der Waals surface area contributed by atoms with Gasteiger partial charge in [-0.1, -0.05) is 12.8 Å². The standard InChI is InChI=1S/C10H19NO2/c1-2-13-10(12)8-11-7-3-4-9-5-6-9/h9,11H,2-8H2,1H3. The van der Waals surface area contributed by atoms with E-state index in [0.717, 1.165) is 12.5 Å². The van der Waals surface area contributed by atoms with E-state index in [2.05, 4.69) is 5.32 Å². The molecule has 13 heavy (non-hydrogen) atoms. The first-order valence-electron chi connectivity index (χ1n) is 5.19. The van der Waals surface area contributed by atoms with E-state index in [9.17, 15) is 4.79 Å². The third kappa shape index (κ3) is 5.64. The number of ether oxygens (including phenoxy) is 1. The molecule has 0 radical (unpaired) electrons. The van der Waals surface area contributed by atoms with E-state index >= 15 is 0 Å². The fourth-order valence-electron chi connectivity index (χ4n) is 1.32. The van der Waals surface area contributed by atoms with E-state index in [1.54, 1.807) is 0 Å². The first kappa shape index (κ1) is 10.5. The smallest absolute Gasteiger partial charge is 0.319 e. The third-order valence-electron chi connectivity index (χ3n) is 2.24. The van der Waals surface area contributed by atoms with Gasteiger partial charge in [0.15, 0.2) is 0 Å². The SMILES string of the molecule is CCOC(=O)CNCCCC1CC1. The van der Waals surface area contributed by atoms with Gasteiger partial charge in [0.2, 0.25) is 0 Å². The Bertz CT molecular complexity index is 155. The van der Waals surface area contributed by atoms with Gasteiger partial charge in [-0.3, -0.25) is 4.79 Å². The lowest BCUT2D eigenvalue weighted by molar-refractivity contribution is -0.141. The topological polar surface area (TPSA) is 38.3 Å². The Morgan fingerprint density at radius 2 is 2.31 bits per heavy atom. The Morgan fingerprint density at radius 3 is 2.92 bits per heavy atom. The summed E-state index contributed by atoms with van der Waals surface area (Å²) in [6.45, 7) is 3.60. The average Bonchev–Trinajstić information content (AvgIpc) is 2.88. The Labute approximate surface area is 79.8 Å². The van der Waals surface area contributed by atoms with Crippen molar-refractivity contribution in [3.05, 3.63) is 0 Å². The van der Waals surface area contributed by atoms with E-state index in [1.807, 2.05) is 6.92 Å². The largest absolute Gasteiger partial charge is 0.465 e. The zero-order chi connectivity index (χ0) is 9.52. The van der Waals surface area contributed by atoms with Gasteiger partial charge < -0.3 is 10.1 Å². The monoisotopic (exact) mass is 185 g/mol. The molecular weight excluding hydrogens is 166 g/mol.